The third kappa shape index (κ3) is 3.16. The van der Waals surface area contributed by atoms with E-state index in [1.165, 1.54) is 4.31 Å². The lowest BCUT2D eigenvalue weighted by molar-refractivity contribution is 0.242. The SMILES string of the molecule is CC1=CCN(S(=O)(=O)c2ccc(OC(C)C)cc2)C1. The van der Waals surface area contributed by atoms with Gasteiger partial charge in [0.15, 0.2) is 0 Å². The third-order valence-electron chi connectivity index (χ3n) is 2.90. The fourth-order valence-electron chi connectivity index (χ4n) is 1.96. The minimum Gasteiger partial charge on any atom is -0.491 e. The van der Waals surface area contributed by atoms with Crippen LogP contribution in [0.2, 0.25) is 0 Å². The number of rotatable bonds is 4. The summed E-state index contributed by atoms with van der Waals surface area (Å²) in [7, 11) is -3.39. The van der Waals surface area contributed by atoms with E-state index in [1.54, 1.807) is 24.3 Å². The molecule has 0 bridgehead atoms. The van der Waals surface area contributed by atoms with Crippen molar-refractivity contribution in [3.63, 3.8) is 0 Å². The Balaban J connectivity index is 2.17. The molecule has 0 fully saturated rings. The van der Waals surface area contributed by atoms with Crippen LogP contribution < -0.4 is 4.74 Å². The van der Waals surface area contributed by atoms with E-state index < -0.39 is 10.0 Å². The summed E-state index contributed by atoms with van der Waals surface area (Å²) in [4.78, 5) is 0.312. The average molecular weight is 281 g/mol. The van der Waals surface area contributed by atoms with Crippen molar-refractivity contribution in [1.29, 1.82) is 0 Å². The van der Waals surface area contributed by atoms with Gasteiger partial charge in [-0.3, -0.25) is 0 Å². The number of hydrogen-bond acceptors (Lipinski definition) is 3. The van der Waals surface area contributed by atoms with Crippen molar-refractivity contribution in [2.75, 3.05) is 13.1 Å². The highest BCUT2D eigenvalue weighted by atomic mass is 32.2. The summed E-state index contributed by atoms with van der Waals surface area (Å²) in [6.45, 7) is 6.74. The Hall–Kier alpha value is -1.33. The number of ether oxygens (including phenoxy) is 1. The first-order valence-electron chi connectivity index (χ1n) is 6.32. The Morgan fingerprint density at radius 3 is 2.32 bits per heavy atom. The molecule has 0 aliphatic carbocycles. The van der Waals surface area contributed by atoms with Crippen molar-refractivity contribution in [3.05, 3.63) is 35.9 Å². The molecule has 1 heterocycles. The van der Waals surface area contributed by atoms with Crippen LogP contribution in [0.1, 0.15) is 20.8 Å². The lowest BCUT2D eigenvalue weighted by Gasteiger charge is -2.16. The summed E-state index contributed by atoms with van der Waals surface area (Å²) in [5.74, 6) is 0.685. The maximum absolute atomic E-state index is 12.4. The Kier molecular flexibility index (Phi) is 3.96. The predicted octanol–water partition coefficient (Wildman–Crippen LogP) is 2.42. The van der Waals surface area contributed by atoms with Gasteiger partial charge in [0.05, 0.1) is 11.0 Å². The van der Waals surface area contributed by atoms with Gasteiger partial charge in [0.1, 0.15) is 5.75 Å². The minimum absolute atomic E-state index is 0.0767. The van der Waals surface area contributed by atoms with Crippen LogP contribution in [0.5, 0.6) is 5.75 Å². The molecule has 1 aliphatic heterocycles. The van der Waals surface area contributed by atoms with Crippen LogP contribution in [-0.2, 0) is 10.0 Å². The highest BCUT2D eigenvalue weighted by Gasteiger charge is 2.26. The van der Waals surface area contributed by atoms with E-state index in [2.05, 4.69) is 0 Å². The number of benzene rings is 1. The lowest BCUT2D eigenvalue weighted by Crippen LogP contribution is -2.28. The molecule has 0 atom stereocenters. The van der Waals surface area contributed by atoms with Gasteiger partial charge in [0.25, 0.3) is 0 Å². The Bertz CT molecular complexity index is 573. The molecule has 1 aromatic rings. The summed E-state index contributed by atoms with van der Waals surface area (Å²) in [6, 6.07) is 6.59. The summed E-state index contributed by atoms with van der Waals surface area (Å²) in [6.07, 6.45) is 2.02. The van der Waals surface area contributed by atoms with Gasteiger partial charge in [0.2, 0.25) is 10.0 Å². The van der Waals surface area contributed by atoms with Crippen LogP contribution in [0.15, 0.2) is 40.8 Å². The van der Waals surface area contributed by atoms with Crippen molar-refractivity contribution in [3.8, 4) is 5.75 Å². The Labute approximate surface area is 114 Å². The second-order valence-electron chi connectivity index (χ2n) is 4.99. The first kappa shape index (κ1) is 14.1. The van der Waals surface area contributed by atoms with E-state index in [0.29, 0.717) is 23.7 Å². The fraction of sp³-hybridized carbons (Fsp3) is 0.429. The van der Waals surface area contributed by atoms with Crippen LogP contribution in [-0.4, -0.2) is 31.9 Å². The van der Waals surface area contributed by atoms with Crippen LogP contribution in [0.4, 0.5) is 0 Å². The van der Waals surface area contributed by atoms with E-state index >= 15 is 0 Å². The van der Waals surface area contributed by atoms with E-state index in [-0.39, 0.29) is 6.10 Å². The maximum atomic E-state index is 12.4. The molecule has 19 heavy (non-hydrogen) atoms. The molecule has 0 unspecified atom stereocenters. The molecule has 2 rings (SSSR count). The van der Waals surface area contributed by atoms with E-state index in [1.807, 2.05) is 26.8 Å². The first-order valence-corrected chi connectivity index (χ1v) is 7.76. The molecule has 0 aromatic heterocycles. The van der Waals surface area contributed by atoms with Gasteiger partial charge in [-0.1, -0.05) is 11.6 Å². The molecule has 104 valence electrons. The Morgan fingerprint density at radius 1 is 1.21 bits per heavy atom. The van der Waals surface area contributed by atoms with Crippen molar-refractivity contribution in [2.24, 2.45) is 0 Å². The van der Waals surface area contributed by atoms with Crippen LogP contribution >= 0.6 is 0 Å². The van der Waals surface area contributed by atoms with E-state index in [4.69, 9.17) is 4.74 Å². The maximum Gasteiger partial charge on any atom is 0.243 e. The molecule has 0 spiro atoms. The summed E-state index contributed by atoms with van der Waals surface area (Å²) < 4.78 is 31.7. The van der Waals surface area contributed by atoms with E-state index in [0.717, 1.165) is 5.57 Å². The zero-order chi connectivity index (χ0) is 14.0. The van der Waals surface area contributed by atoms with Crippen molar-refractivity contribution >= 4 is 10.0 Å². The molecule has 0 amide bonds. The second-order valence-corrected chi connectivity index (χ2v) is 6.92. The van der Waals surface area contributed by atoms with Crippen LogP contribution in [0.25, 0.3) is 0 Å². The highest BCUT2D eigenvalue weighted by molar-refractivity contribution is 7.89. The fourth-order valence-corrected chi connectivity index (χ4v) is 3.38. The van der Waals surface area contributed by atoms with Crippen molar-refractivity contribution in [1.82, 2.24) is 4.31 Å². The second kappa shape index (κ2) is 5.35. The monoisotopic (exact) mass is 281 g/mol. The topological polar surface area (TPSA) is 46.6 Å². The molecule has 0 saturated heterocycles. The van der Waals surface area contributed by atoms with Gasteiger partial charge in [-0.15, -0.1) is 0 Å². The third-order valence-corrected chi connectivity index (χ3v) is 4.73. The molecule has 0 N–H and O–H groups in total. The zero-order valence-corrected chi connectivity index (χ0v) is 12.3. The molecule has 1 aromatic carbocycles. The van der Waals surface area contributed by atoms with Gasteiger partial charge >= 0.3 is 0 Å². The van der Waals surface area contributed by atoms with Crippen molar-refractivity contribution < 1.29 is 13.2 Å². The largest absolute Gasteiger partial charge is 0.491 e. The molecule has 4 nitrogen and oxygen atoms in total. The van der Waals surface area contributed by atoms with Gasteiger partial charge in [0, 0.05) is 13.1 Å². The molecular formula is C14H19NO3S. The molecule has 5 heteroatoms. The molecule has 0 saturated carbocycles. The highest BCUT2D eigenvalue weighted by Crippen LogP contribution is 2.23. The van der Waals surface area contributed by atoms with Gasteiger partial charge in [-0.2, -0.15) is 4.31 Å². The van der Waals surface area contributed by atoms with Gasteiger partial charge in [-0.05, 0) is 45.0 Å². The first-order chi connectivity index (χ1) is 8.89. The number of nitrogens with zero attached hydrogens (tertiary/aromatic N) is 1. The predicted molar refractivity (Wildman–Crippen MR) is 74.7 cm³/mol. The van der Waals surface area contributed by atoms with Crippen molar-refractivity contribution in [2.45, 2.75) is 31.8 Å². The average Bonchev–Trinajstić information content (AvgIpc) is 2.76. The minimum atomic E-state index is -3.39. The van der Waals surface area contributed by atoms with Gasteiger partial charge < -0.3 is 4.74 Å². The lowest BCUT2D eigenvalue weighted by atomic mass is 10.3. The normalized spacial score (nSPS) is 16.7. The molecule has 0 radical (unpaired) electrons. The molecular weight excluding hydrogens is 262 g/mol. The van der Waals surface area contributed by atoms with E-state index in [9.17, 15) is 8.42 Å². The summed E-state index contributed by atoms with van der Waals surface area (Å²) >= 11 is 0. The zero-order valence-electron chi connectivity index (χ0n) is 11.5. The number of hydrogen-bond donors (Lipinski definition) is 0. The smallest absolute Gasteiger partial charge is 0.243 e. The van der Waals surface area contributed by atoms with Crippen LogP contribution in [0, 0.1) is 0 Å². The summed E-state index contributed by atoms with van der Waals surface area (Å²) in [5.41, 5.74) is 1.09. The summed E-state index contributed by atoms with van der Waals surface area (Å²) in [5, 5.41) is 0. The Morgan fingerprint density at radius 2 is 1.84 bits per heavy atom. The molecule has 1 aliphatic rings. The van der Waals surface area contributed by atoms with Gasteiger partial charge in [-0.25, -0.2) is 8.42 Å². The standard InChI is InChI=1S/C14H19NO3S/c1-11(2)18-13-4-6-14(7-5-13)19(16,17)15-9-8-12(3)10-15/h4-8,11H,9-10H2,1-3H3. The number of sulfonamides is 1. The van der Waals surface area contributed by atoms with Crippen LogP contribution in [0.3, 0.4) is 0 Å². The quantitative estimate of drug-likeness (QED) is 0.796.